The molecule has 1 amide bonds. The molecule has 2 heterocycles. The number of rotatable bonds is 2. The third-order valence-electron chi connectivity index (χ3n) is 2.97. The highest BCUT2D eigenvalue weighted by molar-refractivity contribution is 5.92. The molecule has 0 aliphatic carbocycles. The summed E-state index contributed by atoms with van der Waals surface area (Å²) >= 11 is 0. The first kappa shape index (κ1) is 11.8. The summed E-state index contributed by atoms with van der Waals surface area (Å²) in [7, 11) is 1.62. The molecule has 6 nitrogen and oxygen atoms in total. The molecule has 6 heteroatoms. The van der Waals surface area contributed by atoms with E-state index < -0.39 is 6.10 Å². The molecule has 1 aromatic heterocycles. The van der Waals surface area contributed by atoms with Gasteiger partial charge in [-0.15, -0.1) is 0 Å². The number of hydrogen-bond donors (Lipinski definition) is 3. The van der Waals surface area contributed by atoms with Gasteiger partial charge in [0, 0.05) is 26.2 Å². The minimum absolute atomic E-state index is 0.235. The zero-order valence-corrected chi connectivity index (χ0v) is 9.51. The number of amides is 1. The van der Waals surface area contributed by atoms with Gasteiger partial charge in [-0.05, 0) is 6.07 Å². The first-order chi connectivity index (χ1) is 8.09. The number of carbonyl (C=O) groups is 1. The number of H-pyrrole nitrogens is 1. The molecule has 1 aromatic rings. The number of aliphatic hydroxyl groups is 1. The van der Waals surface area contributed by atoms with E-state index in [-0.39, 0.29) is 23.2 Å². The Balaban J connectivity index is 2.17. The molecule has 1 aliphatic rings. The van der Waals surface area contributed by atoms with Crippen LogP contribution in [0.5, 0.6) is 0 Å². The number of carbonyl (C=O) groups excluding carboxylic acids is 1. The van der Waals surface area contributed by atoms with Crippen molar-refractivity contribution in [2.75, 3.05) is 20.1 Å². The van der Waals surface area contributed by atoms with Crippen molar-refractivity contribution < 1.29 is 9.90 Å². The summed E-state index contributed by atoms with van der Waals surface area (Å²) in [5.41, 5.74) is -0.0755. The van der Waals surface area contributed by atoms with Crippen LogP contribution in [0.25, 0.3) is 0 Å². The SMILES string of the molecule is CN(C(=O)c1cccc(=O)[nH]1)[C@@H]1CNC[C@H]1O. The summed E-state index contributed by atoms with van der Waals surface area (Å²) in [5, 5.41) is 12.7. The maximum Gasteiger partial charge on any atom is 0.270 e. The maximum absolute atomic E-state index is 12.0. The van der Waals surface area contributed by atoms with E-state index in [2.05, 4.69) is 10.3 Å². The van der Waals surface area contributed by atoms with Gasteiger partial charge in [0.2, 0.25) is 5.56 Å². The molecule has 0 radical (unpaired) electrons. The van der Waals surface area contributed by atoms with Crippen LogP contribution in [0.2, 0.25) is 0 Å². The molecule has 0 unspecified atom stereocenters. The summed E-state index contributed by atoms with van der Waals surface area (Å²) in [5.74, 6) is -0.296. The van der Waals surface area contributed by atoms with Crippen LogP contribution in [0.3, 0.4) is 0 Å². The summed E-state index contributed by atoms with van der Waals surface area (Å²) in [4.78, 5) is 27.1. The van der Waals surface area contributed by atoms with Crippen LogP contribution in [0.4, 0.5) is 0 Å². The Hall–Kier alpha value is -1.66. The predicted molar refractivity (Wildman–Crippen MR) is 61.8 cm³/mol. The molecule has 2 rings (SSSR count). The van der Waals surface area contributed by atoms with Gasteiger partial charge >= 0.3 is 0 Å². The molecule has 1 saturated heterocycles. The van der Waals surface area contributed by atoms with Gasteiger partial charge in [0.05, 0.1) is 12.1 Å². The standard InChI is InChI=1S/C11H15N3O3/c1-14(8-5-12-6-9(8)15)11(17)7-3-2-4-10(16)13-7/h2-4,8-9,12,15H,5-6H2,1H3,(H,13,16)/t8-,9-/m1/s1. The highest BCUT2D eigenvalue weighted by Gasteiger charge is 2.31. The number of aliphatic hydroxyl groups excluding tert-OH is 1. The van der Waals surface area contributed by atoms with E-state index in [1.165, 1.54) is 17.0 Å². The van der Waals surface area contributed by atoms with Crippen LogP contribution >= 0.6 is 0 Å². The largest absolute Gasteiger partial charge is 0.390 e. The molecule has 2 atom stereocenters. The topological polar surface area (TPSA) is 85.4 Å². The van der Waals surface area contributed by atoms with Crippen LogP contribution in [0.1, 0.15) is 10.5 Å². The lowest BCUT2D eigenvalue weighted by Crippen LogP contribution is -2.44. The number of aromatic nitrogens is 1. The van der Waals surface area contributed by atoms with Crippen LogP contribution in [-0.4, -0.2) is 53.2 Å². The zero-order valence-electron chi connectivity index (χ0n) is 9.51. The van der Waals surface area contributed by atoms with Gasteiger partial charge in [-0.3, -0.25) is 9.59 Å². The second-order valence-electron chi connectivity index (χ2n) is 4.14. The Morgan fingerprint density at radius 3 is 2.82 bits per heavy atom. The van der Waals surface area contributed by atoms with E-state index in [0.717, 1.165) is 0 Å². The summed E-state index contributed by atoms with van der Waals surface area (Å²) in [6, 6.07) is 4.17. The van der Waals surface area contributed by atoms with Crippen LogP contribution in [0.15, 0.2) is 23.0 Å². The summed E-state index contributed by atoms with van der Waals surface area (Å²) < 4.78 is 0. The second-order valence-corrected chi connectivity index (χ2v) is 4.14. The summed E-state index contributed by atoms with van der Waals surface area (Å²) in [6.45, 7) is 1.04. The molecule has 17 heavy (non-hydrogen) atoms. The van der Waals surface area contributed by atoms with Gasteiger partial charge < -0.3 is 20.3 Å². The minimum atomic E-state index is -0.570. The van der Waals surface area contributed by atoms with Gasteiger partial charge in [0.15, 0.2) is 0 Å². The van der Waals surface area contributed by atoms with Crippen molar-refractivity contribution in [2.45, 2.75) is 12.1 Å². The summed E-state index contributed by atoms with van der Waals surface area (Å²) in [6.07, 6.45) is -0.570. The van der Waals surface area contributed by atoms with E-state index in [1.807, 2.05) is 0 Å². The number of hydrogen-bond acceptors (Lipinski definition) is 4. The van der Waals surface area contributed by atoms with Gasteiger partial charge in [-0.25, -0.2) is 0 Å². The maximum atomic E-state index is 12.0. The van der Waals surface area contributed by atoms with Crippen molar-refractivity contribution in [3.63, 3.8) is 0 Å². The molecule has 92 valence electrons. The first-order valence-corrected chi connectivity index (χ1v) is 5.45. The second kappa shape index (κ2) is 4.68. The number of pyridine rings is 1. The van der Waals surface area contributed by atoms with Crippen molar-refractivity contribution >= 4 is 5.91 Å². The molecule has 1 fully saturated rings. The molecular formula is C11H15N3O3. The van der Waals surface area contributed by atoms with Crippen LogP contribution < -0.4 is 10.9 Å². The van der Waals surface area contributed by atoms with E-state index in [4.69, 9.17) is 0 Å². The van der Waals surface area contributed by atoms with Gasteiger partial charge in [0.1, 0.15) is 5.69 Å². The van der Waals surface area contributed by atoms with Gasteiger partial charge in [-0.2, -0.15) is 0 Å². The number of nitrogens with one attached hydrogen (secondary N) is 2. The van der Waals surface area contributed by atoms with Crippen molar-refractivity contribution in [3.8, 4) is 0 Å². The van der Waals surface area contributed by atoms with Crippen molar-refractivity contribution in [1.29, 1.82) is 0 Å². The van der Waals surface area contributed by atoms with Gasteiger partial charge in [0.25, 0.3) is 5.91 Å². The lowest BCUT2D eigenvalue weighted by atomic mass is 10.2. The molecule has 1 aliphatic heterocycles. The quantitative estimate of drug-likeness (QED) is 0.602. The Labute approximate surface area is 98.3 Å². The van der Waals surface area contributed by atoms with E-state index in [9.17, 15) is 14.7 Å². The highest BCUT2D eigenvalue weighted by atomic mass is 16.3. The average molecular weight is 237 g/mol. The monoisotopic (exact) mass is 237 g/mol. The lowest BCUT2D eigenvalue weighted by Gasteiger charge is -2.26. The fourth-order valence-electron chi connectivity index (χ4n) is 1.96. The van der Waals surface area contributed by atoms with E-state index >= 15 is 0 Å². The highest BCUT2D eigenvalue weighted by Crippen LogP contribution is 2.10. The third-order valence-corrected chi connectivity index (χ3v) is 2.97. The van der Waals surface area contributed by atoms with Crippen molar-refractivity contribution in [3.05, 3.63) is 34.2 Å². The van der Waals surface area contributed by atoms with E-state index in [1.54, 1.807) is 13.1 Å². The van der Waals surface area contributed by atoms with Crippen molar-refractivity contribution in [1.82, 2.24) is 15.2 Å². The van der Waals surface area contributed by atoms with Crippen molar-refractivity contribution in [2.24, 2.45) is 0 Å². The molecular weight excluding hydrogens is 222 g/mol. The Kier molecular flexibility index (Phi) is 3.26. The number of likely N-dealkylation sites (N-methyl/N-ethyl adjacent to an activating group) is 1. The first-order valence-electron chi connectivity index (χ1n) is 5.45. The molecule has 3 N–H and O–H groups in total. The number of aromatic amines is 1. The normalized spacial score (nSPS) is 23.6. The number of nitrogens with zero attached hydrogens (tertiary/aromatic N) is 1. The van der Waals surface area contributed by atoms with Crippen LogP contribution in [0, 0.1) is 0 Å². The molecule has 0 spiro atoms. The fourth-order valence-corrected chi connectivity index (χ4v) is 1.96. The Morgan fingerprint density at radius 1 is 1.47 bits per heavy atom. The fraction of sp³-hybridized carbons (Fsp3) is 0.455. The third kappa shape index (κ3) is 2.37. The molecule has 0 aromatic carbocycles. The Morgan fingerprint density at radius 2 is 2.24 bits per heavy atom. The smallest absolute Gasteiger partial charge is 0.270 e. The lowest BCUT2D eigenvalue weighted by molar-refractivity contribution is 0.0575. The zero-order chi connectivity index (χ0) is 12.4. The number of β-amino-alcohol motifs (C(OH)–C–C–N with tert-alkyl or cyclic N) is 1. The Bertz CT molecular complexity index is 471. The van der Waals surface area contributed by atoms with Gasteiger partial charge in [-0.1, -0.05) is 6.07 Å². The van der Waals surface area contributed by atoms with E-state index in [0.29, 0.717) is 13.1 Å². The molecule has 0 bridgehead atoms. The minimum Gasteiger partial charge on any atom is -0.390 e. The average Bonchev–Trinajstić information content (AvgIpc) is 2.73. The molecule has 0 saturated carbocycles. The predicted octanol–water partition coefficient (Wildman–Crippen LogP) is -1.22. The van der Waals surface area contributed by atoms with Crippen LogP contribution in [-0.2, 0) is 0 Å².